The van der Waals surface area contributed by atoms with Gasteiger partial charge in [0.05, 0.1) is 16.7 Å². The molecule has 0 unspecified atom stereocenters. The molecule has 1 aromatic carbocycles. The number of nitro benzene ring substituents is 1. The maximum atomic E-state index is 14.1. The molecule has 0 aromatic heterocycles. The SMILES string of the molecule is CCCNc1cc([N+](=O)[O-])cc(F)c1S(=O)(=O)NC(C)C. The molecule has 7 nitrogen and oxygen atoms in total. The molecule has 0 aliphatic carbocycles. The van der Waals surface area contributed by atoms with Gasteiger partial charge in [0.15, 0.2) is 5.82 Å². The van der Waals surface area contributed by atoms with Crippen LogP contribution in [0.15, 0.2) is 17.0 Å². The summed E-state index contributed by atoms with van der Waals surface area (Å²) >= 11 is 0. The van der Waals surface area contributed by atoms with E-state index in [4.69, 9.17) is 0 Å². The van der Waals surface area contributed by atoms with Crippen molar-refractivity contribution in [3.05, 3.63) is 28.1 Å². The number of hydrogen-bond donors (Lipinski definition) is 2. The van der Waals surface area contributed by atoms with Crippen LogP contribution in [0, 0.1) is 15.9 Å². The normalized spacial score (nSPS) is 11.7. The molecule has 0 aliphatic rings. The topological polar surface area (TPSA) is 101 Å². The zero-order valence-electron chi connectivity index (χ0n) is 12.0. The predicted octanol–water partition coefficient (Wildman–Crippen LogP) is 2.24. The Labute approximate surface area is 122 Å². The van der Waals surface area contributed by atoms with Crippen molar-refractivity contribution in [1.29, 1.82) is 0 Å². The van der Waals surface area contributed by atoms with Crippen molar-refractivity contribution in [1.82, 2.24) is 4.72 Å². The number of hydrogen-bond acceptors (Lipinski definition) is 5. The number of halogens is 1. The molecule has 0 aliphatic heterocycles. The first-order chi connectivity index (χ1) is 9.69. The van der Waals surface area contributed by atoms with Gasteiger partial charge < -0.3 is 5.32 Å². The number of sulfonamides is 1. The molecule has 21 heavy (non-hydrogen) atoms. The third kappa shape index (κ3) is 4.36. The molecule has 0 fully saturated rings. The van der Waals surface area contributed by atoms with Gasteiger partial charge in [0.25, 0.3) is 5.69 Å². The van der Waals surface area contributed by atoms with Crippen LogP contribution in [-0.2, 0) is 10.0 Å². The largest absolute Gasteiger partial charge is 0.384 e. The van der Waals surface area contributed by atoms with Crippen molar-refractivity contribution in [3.63, 3.8) is 0 Å². The second-order valence-corrected chi connectivity index (χ2v) is 6.41. The third-order valence-electron chi connectivity index (χ3n) is 2.46. The minimum Gasteiger partial charge on any atom is -0.384 e. The number of nitrogens with zero attached hydrogens (tertiary/aromatic N) is 1. The standard InChI is InChI=1S/C12H18FN3O4S/c1-4-5-14-11-7-9(16(17)18)6-10(13)12(11)21(19,20)15-8(2)3/h6-8,14-15H,4-5H2,1-3H3. The molecule has 9 heteroatoms. The minimum atomic E-state index is -4.10. The van der Waals surface area contributed by atoms with Gasteiger partial charge in [-0.25, -0.2) is 17.5 Å². The van der Waals surface area contributed by atoms with Gasteiger partial charge in [-0.3, -0.25) is 10.1 Å². The maximum absolute atomic E-state index is 14.1. The summed E-state index contributed by atoms with van der Waals surface area (Å²) < 4.78 is 40.7. The number of non-ortho nitro benzene ring substituents is 1. The van der Waals surface area contributed by atoms with Crippen molar-refractivity contribution in [3.8, 4) is 0 Å². The summed E-state index contributed by atoms with van der Waals surface area (Å²) in [5.41, 5.74) is -0.619. The fraction of sp³-hybridized carbons (Fsp3) is 0.500. The van der Waals surface area contributed by atoms with E-state index in [9.17, 15) is 22.9 Å². The second kappa shape index (κ2) is 6.81. The van der Waals surface area contributed by atoms with Crippen LogP contribution in [0.1, 0.15) is 27.2 Å². The minimum absolute atomic E-state index is 0.114. The van der Waals surface area contributed by atoms with E-state index in [1.165, 1.54) is 0 Å². The Morgan fingerprint density at radius 3 is 2.48 bits per heavy atom. The highest BCUT2D eigenvalue weighted by molar-refractivity contribution is 7.89. The third-order valence-corrected chi connectivity index (χ3v) is 4.20. The lowest BCUT2D eigenvalue weighted by atomic mass is 10.2. The monoisotopic (exact) mass is 319 g/mol. The Bertz CT molecular complexity index is 632. The van der Waals surface area contributed by atoms with Crippen LogP contribution in [0.5, 0.6) is 0 Å². The van der Waals surface area contributed by atoms with Gasteiger partial charge in [-0.2, -0.15) is 0 Å². The average Bonchev–Trinajstić information content (AvgIpc) is 2.33. The van der Waals surface area contributed by atoms with E-state index in [0.29, 0.717) is 19.0 Å². The van der Waals surface area contributed by atoms with Gasteiger partial charge in [0.2, 0.25) is 10.0 Å². The van der Waals surface area contributed by atoms with Crippen LogP contribution in [0.25, 0.3) is 0 Å². The Kier molecular flexibility index (Phi) is 5.62. The molecule has 0 heterocycles. The van der Waals surface area contributed by atoms with Gasteiger partial charge >= 0.3 is 0 Å². The second-order valence-electron chi connectivity index (χ2n) is 4.76. The number of benzene rings is 1. The fourth-order valence-electron chi connectivity index (χ4n) is 1.72. The Balaban J connectivity index is 3.45. The quantitative estimate of drug-likeness (QED) is 0.593. The van der Waals surface area contributed by atoms with Crippen molar-refractivity contribution >= 4 is 21.4 Å². The summed E-state index contributed by atoms with van der Waals surface area (Å²) in [7, 11) is -4.10. The summed E-state index contributed by atoms with van der Waals surface area (Å²) in [6.45, 7) is 5.39. The molecule has 0 atom stereocenters. The van der Waals surface area contributed by atoms with Crippen LogP contribution < -0.4 is 10.0 Å². The van der Waals surface area contributed by atoms with E-state index < -0.39 is 37.4 Å². The molecule has 1 rings (SSSR count). The molecule has 118 valence electrons. The number of nitrogens with one attached hydrogen (secondary N) is 2. The van der Waals surface area contributed by atoms with Gasteiger partial charge in [0, 0.05) is 18.7 Å². The molecule has 0 radical (unpaired) electrons. The highest BCUT2D eigenvalue weighted by atomic mass is 32.2. The zero-order valence-corrected chi connectivity index (χ0v) is 12.8. The Hall–Kier alpha value is -1.74. The molecule has 0 saturated heterocycles. The van der Waals surface area contributed by atoms with Gasteiger partial charge in [-0.1, -0.05) is 6.92 Å². The molecule has 0 bridgehead atoms. The van der Waals surface area contributed by atoms with E-state index in [2.05, 4.69) is 10.0 Å². The molecule has 0 saturated carbocycles. The van der Waals surface area contributed by atoms with E-state index in [1.54, 1.807) is 13.8 Å². The van der Waals surface area contributed by atoms with Gasteiger partial charge in [-0.15, -0.1) is 0 Å². The molecule has 1 aromatic rings. The fourth-order valence-corrected chi connectivity index (χ4v) is 3.19. The van der Waals surface area contributed by atoms with Crippen molar-refractivity contribution in [2.24, 2.45) is 0 Å². The Morgan fingerprint density at radius 2 is 2.00 bits per heavy atom. The zero-order chi connectivity index (χ0) is 16.2. The molecular formula is C12H18FN3O4S. The summed E-state index contributed by atoms with van der Waals surface area (Å²) in [5.74, 6) is -1.16. The Morgan fingerprint density at radius 1 is 1.38 bits per heavy atom. The highest BCUT2D eigenvalue weighted by Crippen LogP contribution is 2.30. The van der Waals surface area contributed by atoms with E-state index in [-0.39, 0.29) is 5.69 Å². The van der Waals surface area contributed by atoms with Crippen LogP contribution in [-0.4, -0.2) is 25.9 Å². The van der Waals surface area contributed by atoms with Crippen LogP contribution >= 0.6 is 0 Å². The van der Waals surface area contributed by atoms with E-state index in [1.807, 2.05) is 6.92 Å². The van der Waals surface area contributed by atoms with Crippen LogP contribution in [0.4, 0.5) is 15.8 Å². The van der Waals surface area contributed by atoms with Crippen molar-refractivity contribution in [2.45, 2.75) is 38.1 Å². The first-order valence-corrected chi connectivity index (χ1v) is 7.91. The van der Waals surface area contributed by atoms with Crippen molar-refractivity contribution in [2.75, 3.05) is 11.9 Å². The smallest absolute Gasteiger partial charge is 0.274 e. The lowest BCUT2D eigenvalue weighted by Crippen LogP contribution is -2.31. The number of nitro groups is 1. The van der Waals surface area contributed by atoms with E-state index in [0.717, 1.165) is 6.07 Å². The van der Waals surface area contributed by atoms with Crippen molar-refractivity contribution < 1.29 is 17.7 Å². The number of anilines is 1. The van der Waals surface area contributed by atoms with Gasteiger partial charge in [0.1, 0.15) is 4.90 Å². The number of rotatable bonds is 7. The molecular weight excluding hydrogens is 301 g/mol. The molecule has 0 amide bonds. The summed E-state index contributed by atoms with van der Waals surface area (Å²) in [6, 6.07) is 1.20. The van der Waals surface area contributed by atoms with E-state index >= 15 is 0 Å². The lowest BCUT2D eigenvalue weighted by Gasteiger charge is -2.15. The molecule has 0 spiro atoms. The first kappa shape index (κ1) is 17.3. The lowest BCUT2D eigenvalue weighted by molar-refractivity contribution is -0.385. The van der Waals surface area contributed by atoms with Crippen LogP contribution in [0.3, 0.4) is 0 Å². The average molecular weight is 319 g/mol. The maximum Gasteiger partial charge on any atom is 0.274 e. The molecule has 2 N–H and O–H groups in total. The summed E-state index contributed by atoms with van der Waals surface area (Å²) in [4.78, 5) is 9.39. The first-order valence-electron chi connectivity index (χ1n) is 6.43. The summed E-state index contributed by atoms with van der Waals surface area (Å²) in [6.07, 6.45) is 0.654. The van der Waals surface area contributed by atoms with Gasteiger partial charge in [-0.05, 0) is 20.3 Å². The highest BCUT2D eigenvalue weighted by Gasteiger charge is 2.27. The summed E-state index contributed by atoms with van der Waals surface area (Å²) in [5, 5.41) is 13.5. The predicted molar refractivity (Wildman–Crippen MR) is 77.3 cm³/mol. The van der Waals surface area contributed by atoms with Crippen LogP contribution in [0.2, 0.25) is 0 Å².